The number of thiophene rings is 1. The van der Waals surface area contributed by atoms with Crippen molar-refractivity contribution in [2.24, 2.45) is 5.92 Å². The van der Waals surface area contributed by atoms with Gasteiger partial charge in [-0.05, 0) is 44.7 Å². The molecule has 1 aliphatic heterocycles. The molecule has 19 heavy (non-hydrogen) atoms. The maximum atomic E-state index is 12.5. The fraction of sp³-hybridized carbons (Fsp3) is 0.667. The Bertz CT molecular complexity index is 404. The van der Waals surface area contributed by atoms with Gasteiger partial charge in [-0.3, -0.25) is 4.79 Å². The lowest BCUT2D eigenvalue weighted by Gasteiger charge is -2.33. The minimum absolute atomic E-state index is 0.201. The van der Waals surface area contributed by atoms with Gasteiger partial charge < -0.3 is 10.2 Å². The fourth-order valence-corrected chi connectivity index (χ4v) is 3.54. The topological polar surface area (TPSA) is 32.3 Å². The van der Waals surface area contributed by atoms with E-state index in [2.05, 4.69) is 36.7 Å². The zero-order valence-corrected chi connectivity index (χ0v) is 12.9. The molecule has 106 valence electrons. The van der Waals surface area contributed by atoms with Crippen molar-refractivity contribution >= 4 is 17.2 Å². The Hall–Kier alpha value is -0.870. The van der Waals surface area contributed by atoms with Crippen molar-refractivity contribution in [1.82, 2.24) is 10.2 Å². The molecule has 2 heterocycles. The summed E-state index contributed by atoms with van der Waals surface area (Å²) in [6, 6.07) is 4.95. The van der Waals surface area contributed by atoms with Crippen molar-refractivity contribution in [3.63, 3.8) is 0 Å². The molecular formula is C15H24N2OS. The first-order valence-corrected chi connectivity index (χ1v) is 7.98. The van der Waals surface area contributed by atoms with E-state index < -0.39 is 0 Å². The molecule has 1 aliphatic rings. The molecule has 1 saturated heterocycles. The summed E-state index contributed by atoms with van der Waals surface area (Å²) < 4.78 is 0. The normalized spacial score (nSPS) is 25.0. The van der Waals surface area contributed by atoms with Crippen LogP contribution in [0.15, 0.2) is 17.5 Å². The number of carbonyl (C=O) groups excluding carboxylic acids is 1. The molecule has 4 heteroatoms. The average Bonchev–Trinajstić information content (AvgIpc) is 2.89. The van der Waals surface area contributed by atoms with E-state index in [-0.39, 0.29) is 12.0 Å². The van der Waals surface area contributed by atoms with Crippen LogP contribution >= 0.6 is 11.3 Å². The molecule has 0 saturated carbocycles. The highest BCUT2D eigenvalue weighted by molar-refractivity contribution is 7.09. The van der Waals surface area contributed by atoms with Gasteiger partial charge in [-0.25, -0.2) is 0 Å². The minimum Gasteiger partial charge on any atom is -0.342 e. The number of rotatable bonds is 4. The molecule has 1 amide bonds. The Kier molecular flexibility index (Phi) is 4.99. The summed E-state index contributed by atoms with van der Waals surface area (Å²) in [5.41, 5.74) is 0. The third-order valence-corrected chi connectivity index (χ3v) is 4.96. The van der Waals surface area contributed by atoms with E-state index in [0.29, 0.717) is 11.9 Å². The summed E-state index contributed by atoms with van der Waals surface area (Å²) in [6.07, 6.45) is 2.90. The van der Waals surface area contributed by atoms with Crippen LogP contribution in [0.4, 0.5) is 0 Å². The Morgan fingerprint density at radius 2 is 2.42 bits per heavy atom. The number of hydrogen-bond donors (Lipinski definition) is 1. The number of hydrogen-bond acceptors (Lipinski definition) is 3. The molecule has 1 fully saturated rings. The lowest BCUT2D eigenvalue weighted by molar-refractivity contribution is -0.137. The molecule has 1 N–H and O–H groups in total. The number of likely N-dealkylation sites (N-methyl/N-ethyl adjacent to an activating group) is 1. The maximum absolute atomic E-state index is 12.5. The lowest BCUT2D eigenvalue weighted by atomic mass is 9.91. The third-order valence-electron chi connectivity index (χ3n) is 4.06. The first-order chi connectivity index (χ1) is 9.08. The highest BCUT2D eigenvalue weighted by Crippen LogP contribution is 2.21. The maximum Gasteiger partial charge on any atom is 0.225 e. The first-order valence-electron chi connectivity index (χ1n) is 7.10. The fourth-order valence-electron chi connectivity index (χ4n) is 2.72. The molecule has 3 atom stereocenters. The minimum atomic E-state index is 0.201. The number of piperidine rings is 1. The number of carbonyl (C=O) groups is 1. The molecule has 0 bridgehead atoms. The summed E-state index contributed by atoms with van der Waals surface area (Å²) in [6.45, 7) is 5.27. The molecule has 1 aromatic heterocycles. The van der Waals surface area contributed by atoms with Crippen LogP contribution in [0.25, 0.3) is 0 Å². The largest absolute Gasteiger partial charge is 0.342 e. The Morgan fingerprint density at radius 1 is 1.63 bits per heavy atom. The van der Waals surface area contributed by atoms with Crippen molar-refractivity contribution < 1.29 is 4.79 Å². The van der Waals surface area contributed by atoms with E-state index in [9.17, 15) is 4.79 Å². The predicted molar refractivity (Wildman–Crippen MR) is 80.4 cm³/mol. The van der Waals surface area contributed by atoms with E-state index in [1.807, 2.05) is 11.9 Å². The van der Waals surface area contributed by atoms with Crippen LogP contribution in [-0.2, 0) is 11.2 Å². The third kappa shape index (κ3) is 3.80. The van der Waals surface area contributed by atoms with Gasteiger partial charge in [0, 0.05) is 36.3 Å². The second-order valence-corrected chi connectivity index (χ2v) is 6.69. The summed E-state index contributed by atoms with van der Waals surface area (Å²) in [5, 5.41) is 5.50. The molecule has 0 aromatic carbocycles. The van der Waals surface area contributed by atoms with Gasteiger partial charge in [0.2, 0.25) is 5.91 Å². The highest BCUT2D eigenvalue weighted by atomic mass is 32.1. The zero-order chi connectivity index (χ0) is 13.8. The molecule has 2 rings (SSSR count). The Morgan fingerprint density at radius 3 is 3.05 bits per heavy atom. The van der Waals surface area contributed by atoms with Crippen LogP contribution in [0, 0.1) is 5.92 Å². The number of amides is 1. The van der Waals surface area contributed by atoms with Gasteiger partial charge in [-0.1, -0.05) is 6.07 Å². The van der Waals surface area contributed by atoms with Gasteiger partial charge in [0.05, 0.1) is 0 Å². The molecule has 3 unspecified atom stereocenters. The van der Waals surface area contributed by atoms with Crippen molar-refractivity contribution in [3.8, 4) is 0 Å². The lowest BCUT2D eigenvalue weighted by Crippen LogP contribution is -2.45. The van der Waals surface area contributed by atoms with Gasteiger partial charge in [-0.15, -0.1) is 11.3 Å². The van der Waals surface area contributed by atoms with Crippen LogP contribution in [0.5, 0.6) is 0 Å². The highest BCUT2D eigenvalue weighted by Gasteiger charge is 2.28. The number of nitrogens with one attached hydrogen (secondary N) is 1. The molecule has 3 nitrogen and oxygen atoms in total. The van der Waals surface area contributed by atoms with E-state index >= 15 is 0 Å². The van der Waals surface area contributed by atoms with Crippen molar-refractivity contribution in [1.29, 1.82) is 0 Å². The van der Waals surface area contributed by atoms with Crippen LogP contribution in [0.3, 0.4) is 0 Å². The Labute approximate surface area is 120 Å². The number of nitrogens with zero attached hydrogens (tertiary/aromatic N) is 1. The standard InChI is InChI=1S/C15H24N2OS/c1-11-9-13(6-7-16-11)15(18)17(3)12(2)10-14-5-4-8-19-14/h4-5,8,11-13,16H,6-7,9-10H2,1-3H3. The average molecular weight is 280 g/mol. The second-order valence-electron chi connectivity index (χ2n) is 5.66. The summed E-state index contributed by atoms with van der Waals surface area (Å²) in [4.78, 5) is 15.8. The van der Waals surface area contributed by atoms with Gasteiger partial charge >= 0.3 is 0 Å². The van der Waals surface area contributed by atoms with Crippen LogP contribution in [0.2, 0.25) is 0 Å². The predicted octanol–water partition coefficient (Wildman–Crippen LogP) is 2.53. The van der Waals surface area contributed by atoms with E-state index in [1.54, 1.807) is 11.3 Å². The van der Waals surface area contributed by atoms with Crippen molar-refractivity contribution in [2.45, 2.75) is 45.2 Å². The van der Waals surface area contributed by atoms with E-state index in [0.717, 1.165) is 25.8 Å². The zero-order valence-electron chi connectivity index (χ0n) is 12.1. The molecule has 0 spiro atoms. The summed E-state index contributed by atoms with van der Waals surface area (Å²) >= 11 is 1.77. The monoisotopic (exact) mass is 280 g/mol. The molecule has 0 aliphatic carbocycles. The van der Waals surface area contributed by atoms with Gasteiger partial charge in [0.1, 0.15) is 0 Å². The smallest absolute Gasteiger partial charge is 0.225 e. The second kappa shape index (κ2) is 6.53. The molecular weight excluding hydrogens is 256 g/mol. The van der Waals surface area contributed by atoms with Crippen LogP contribution in [0.1, 0.15) is 31.6 Å². The van der Waals surface area contributed by atoms with E-state index in [1.165, 1.54) is 4.88 Å². The van der Waals surface area contributed by atoms with Crippen molar-refractivity contribution in [2.75, 3.05) is 13.6 Å². The van der Waals surface area contributed by atoms with E-state index in [4.69, 9.17) is 0 Å². The van der Waals surface area contributed by atoms with Crippen molar-refractivity contribution in [3.05, 3.63) is 22.4 Å². The Balaban J connectivity index is 1.90. The quantitative estimate of drug-likeness (QED) is 0.919. The molecule has 0 radical (unpaired) electrons. The van der Waals surface area contributed by atoms with Gasteiger partial charge in [0.15, 0.2) is 0 Å². The SMILES string of the molecule is CC1CC(C(=O)N(C)C(C)Cc2cccs2)CCN1. The molecule has 1 aromatic rings. The first kappa shape index (κ1) is 14.5. The van der Waals surface area contributed by atoms with Gasteiger partial charge in [-0.2, -0.15) is 0 Å². The summed E-state index contributed by atoms with van der Waals surface area (Å²) in [7, 11) is 1.95. The summed E-state index contributed by atoms with van der Waals surface area (Å²) in [5.74, 6) is 0.518. The van der Waals surface area contributed by atoms with Gasteiger partial charge in [0.25, 0.3) is 0 Å². The van der Waals surface area contributed by atoms with Crippen LogP contribution in [-0.4, -0.2) is 36.5 Å². The van der Waals surface area contributed by atoms with Crippen LogP contribution < -0.4 is 5.32 Å².